The van der Waals surface area contributed by atoms with Gasteiger partial charge in [0, 0.05) is 18.5 Å². The maximum absolute atomic E-state index is 12.5. The van der Waals surface area contributed by atoms with E-state index in [2.05, 4.69) is 16.2 Å². The molecule has 4 amide bonds. The average Bonchev–Trinajstić information content (AvgIpc) is 3.31. The van der Waals surface area contributed by atoms with E-state index in [1.54, 1.807) is 4.90 Å². The zero-order valence-electron chi connectivity index (χ0n) is 14.9. The maximum atomic E-state index is 12.5. The van der Waals surface area contributed by atoms with Crippen molar-refractivity contribution in [2.45, 2.75) is 82.7 Å². The second-order valence-corrected chi connectivity index (χ2v) is 7.60. The molecule has 0 aromatic heterocycles. The minimum atomic E-state index is -0.493. The van der Waals surface area contributed by atoms with Crippen LogP contribution in [0.3, 0.4) is 0 Å². The third kappa shape index (κ3) is 4.64. The van der Waals surface area contributed by atoms with Crippen LogP contribution in [0, 0.1) is 5.92 Å². The van der Waals surface area contributed by atoms with Crippen LogP contribution in [-0.4, -0.2) is 41.4 Å². The van der Waals surface area contributed by atoms with Gasteiger partial charge < -0.3 is 10.2 Å². The highest BCUT2D eigenvalue weighted by molar-refractivity contribution is 5.89. The Hall–Kier alpha value is -1.79. The van der Waals surface area contributed by atoms with E-state index in [1.165, 1.54) is 6.42 Å². The molecular weight excluding hydrogens is 320 g/mol. The summed E-state index contributed by atoms with van der Waals surface area (Å²) in [6, 6.07) is -0.410. The van der Waals surface area contributed by atoms with Crippen LogP contribution in [0.25, 0.3) is 0 Å². The smallest absolute Gasteiger partial charge is 0.318 e. The van der Waals surface area contributed by atoms with Crippen molar-refractivity contribution in [1.82, 2.24) is 21.1 Å². The van der Waals surface area contributed by atoms with Gasteiger partial charge in [0.1, 0.15) is 6.04 Å². The van der Waals surface area contributed by atoms with Crippen LogP contribution >= 0.6 is 0 Å². The highest BCUT2D eigenvalue weighted by Crippen LogP contribution is 2.24. The highest BCUT2D eigenvalue weighted by Gasteiger charge is 2.35. The van der Waals surface area contributed by atoms with Crippen molar-refractivity contribution in [2.75, 3.05) is 6.54 Å². The predicted molar refractivity (Wildman–Crippen MR) is 93.4 cm³/mol. The third-order valence-corrected chi connectivity index (χ3v) is 5.78. The summed E-state index contributed by atoms with van der Waals surface area (Å²) in [5.74, 6) is -0.390. The summed E-state index contributed by atoms with van der Waals surface area (Å²) < 4.78 is 0. The van der Waals surface area contributed by atoms with Crippen molar-refractivity contribution < 1.29 is 14.4 Å². The Kier molecular flexibility index (Phi) is 6.15. The molecule has 0 bridgehead atoms. The van der Waals surface area contributed by atoms with E-state index in [-0.39, 0.29) is 29.8 Å². The summed E-state index contributed by atoms with van der Waals surface area (Å²) in [6.45, 7) is 0.590. The van der Waals surface area contributed by atoms with E-state index < -0.39 is 6.04 Å². The van der Waals surface area contributed by atoms with Gasteiger partial charge in [0.25, 0.3) is 5.91 Å². The van der Waals surface area contributed by atoms with Gasteiger partial charge in [-0.1, -0.05) is 32.1 Å². The molecule has 0 spiro atoms. The Morgan fingerprint density at radius 2 is 1.36 bits per heavy atom. The Morgan fingerprint density at radius 1 is 0.720 bits per heavy atom. The molecule has 1 heterocycles. The van der Waals surface area contributed by atoms with Gasteiger partial charge in [-0.2, -0.15) is 0 Å². The van der Waals surface area contributed by atoms with E-state index in [9.17, 15) is 14.4 Å². The van der Waals surface area contributed by atoms with E-state index in [0.29, 0.717) is 13.0 Å². The zero-order chi connectivity index (χ0) is 17.6. The number of carbonyl (C=O) groups is 3. The molecule has 140 valence electrons. The van der Waals surface area contributed by atoms with Crippen molar-refractivity contribution in [3.05, 3.63) is 0 Å². The van der Waals surface area contributed by atoms with Gasteiger partial charge in [0.2, 0.25) is 5.91 Å². The summed E-state index contributed by atoms with van der Waals surface area (Å²) in [4.78, 5) is 38.6. The summed E-state index contributed by atoms with van der Waals surface area (Å²) in [5.41, 5.74) is 5.07. The lowest BCUT2D eigenvalue weighted by molar-refractivity contribution is -0.132. The molecule has 3 aliphatic rings. The molecule has 2 saturated carbocycles. The normalized spacial score (nSPS) is 25.0. The molecule has 0 unspecified atom stereocenters. The lowest BCUT2D eigenvalue weighted by Gasteiger charge is -2.29. The van der Waals surface area contributed by atoms with Crippen molar-refractivity contribution in [1.29, 1.82) is 0 Å². The van der Waals surface area contributed by atoms with E-state index in [1.807, 2.05) is 0 Å². The lowest BCUT2D eigenvalue weighted by atomic mass is 9.96. The van der Waals surface area contributed by atoms with Crippen LogP contribution in [-0.2, 0) is 9.59 Å². The standard InChI is InChI=1S/C18H30N4O3/c23-16(13-7-4-5-8-13)20-21-17(24)15-11-6-12-22(15)18(25)19-14-9-2-1-3-10-14/h13-15H,1-12H2,(H,19,25)(H,20,23)(H,21,24)/t15-/m1/s1. The van der Waals surface area contributed by atoms with E-state index in [4.69, 9.17) is 0 Å². The number of nitrogens with zero attached hydrogens (tertiary/aromatic N) is 1. The first-order chi connectivity index (χ1) is 12.1. The van der Waals surface area contributed by atoms with Gasteiger partial charge in [0.05, 0.1) is 0 Å². The Labute approximate surface area is 149 Å². The van der Waals surface area contributed by atoms with Crippen LogP contribution in [0.4, 0.5) is 4.79 Å². The Morgan fingerprint density at radius 3 is 2.08 bits per heavy atom. The molecule has 3 N–H and O–H groups in total. The molecule has 7 heteroatoms. The van der Waals surface area contributed by atoms with Crippen LogP contribution in [0.15, 0.2) is 0 Å². The highest BCUT2D eigenvalue weighted by atomic mass is 16.2. The van der Waals surface area contributed by atoms with Crippen LogP contribution in [0.1, 0.15) is 70.6 Å². The second-order valence-electron chi connectivity index (χ2n) is 7.60. The molecule has 1 aliphatic heterocycles. The molecule has 25 heavy (non-hydrogen) atoms. The van der Waals surface area contributed by atoms with Gasteiger partial charge in [-0.3, -0.25) is 20.4 Å². The fourth-order valence-electron chi connectivity index (χ4n) is 4.28. The van der Waals surface area contributed by atoms with Crippen molar-refractivity contribution in [3.8, 4) is 0 Å². The van der Waals surface area contributed by atoms with Gasteiger partial charge in [-0.25, -0.2) is 4.79 Å². The molecular formula is C18H30N4O3. The number of hydrogen-bond donors (Lipinski definition) is 3. The molecule has 0 radical (unpaired) electrons. The predicted octanol–water partition coefficient (Wildman–Crippen LogP) is 1.83. The maximum Gasteiger partial charge on any atom is 0.318 e. The first kappa shape index (κ1) is 18.0. The van der Waals surface area contributed by atoms with E-state index >= 15 is 0 Å². The number of nitrogens with one attached hydrogen (secondary N) is 3. The minimum absolute atomic E-state index is 0.00887. The molecule has 0 aromatic carbocycles. The molecule has 1 atom stereocenters. The molecule has 0 aromatic rings. The van der Waals surface area contributed by atoms with Gasteiger partial charge >= 0.3 is 6.03 Å². The number of hydrazine groups is 1. The second kappa shape index (κ2) is 8.54. The number of amides is 4. The fraction of sp³-hybridized carbons (Fsp3) is 0.833. The van der Waals surface area contributed by atoms with Crippen LogP contribution < -0.4 is 16.2 Å². The number of rotatable bonds is 3. The summed E-state index contributed by atoms with van der Waals surface area (Å²) in [5, 5.41) is 3.07. The molecule has 3 rings (SSSR count). The molecule has 7 nitrogen and oxygen atoms in total. The van der Waals surface area contributed by atoms with E-state index in [0.717, 1.165) is 57.8 Å². The molecule has 1 saturated heterocycles. The topological polar surface area (TPSA) is 90.5 Å². The Balaban J connectivity index is 1.47. The van der Waals surface area contributed by atoms with Gasteiger partial charge in [0.15, 0.2) is 0 Å². The summed E-state index contributed by atoms with van der Waals surface area (Å²) >= 11 is 0. The quantitative estimate of drug-likeness (QED) is 0.678. The van der Waals surface area contributed by atoms with Gasteiger partial charge in [-0.05, 0) is 38.5 Å². The SMILES string of the molecule is O=C(NNC(=O)[C@H]1CCCN1C(=O)NC1CCCCC1)C1CCCC1. The first-order valence-corrected chi connectivity index (χ1v) is 9.82. The largest absolute Gasteiger partial charge is 0.335 e. The van der Waals surface area contributed by atoms with Crippen molar-refractivity contribution in [2.24, 2.45) is 5.92 Å². The summed E-state index contributed by atoms with van der Waals surface area (Å²) in [7, 11) is 0. The first-order valence-electron chi connectivity index (χ1n) is 9.82. The van der Waals surface area contributed by atoms with Crippen LogP contribution in [0.5, 0.6) is 0 Å². The van der Waals surface area contributed by atoms with Crippen molar-refractivity contribution >= 4 is 17.8 Å². The number of urea groups is 1. The monoisotopic (exact) mass is 350 g/mol. The van der Waals surface area contributed by atoms with Crippen molar-refractivity contribution in [3.63, 3.8) is 0 Å². The average molecular weight is 350 g/mol. The molecule has 3 fully saturated rings. The number of carbonyl (C=O) groups excluding carboxylic acids is 3. The summed E-state index contributed by atoms with van der Waals surface area (Å²) in [6.07, 6.45) is 11.0. The van der Waals surface area contributed by atoms with Crippen LogP contribution in [0.2, 0.25) is 0 Å². The molecule has 2 aliphatic carbocycles. The third-order valence-electron chi connectivity index (χ3n) is 5.78. The number of hydrogen-bond acceptors (Lipinski definition) is 3. The Bertz CT molecular complexity index is 499. The van der Waals surface area contributed by atoms with Gasteiger partial charge in [-0.15, -0.1) is 0 Å². The zero-order valence-corrected chi connectivity index (χ0v) is 14.9. The fourth-order valence-corrected chi connectivity index (χ4v) is 4.28. The number of likely N-dealkylation sites (tertiary alicyclic amines) is 1. The lowest BCUT2D eigenvalue weighted by Crippen LogP contribution is -2.55. The minimum Gasteiger partial charge on any atom is -0.335 e.